The van der Waals surface area contributed by atoms with Crippen LogP contribution in [0.15, 0.2) is 16.9 Å². The van der Waals surface area contributed by atoms with Gasteiger partial charge in [0.05, 0.1) is 17.9 Å². The molecule has 0 fully saturated rings. The Morgan fingerprint density at radius 3 is 3.00 bits per heavy atom. The molecule has 0 aromatic carbocycles. The Labute approximate surface area is 105 Å². The minimum atomic E-state index is -0.167. The van der Waals surface area contributed by atoms with E-state index in [0.29, 0.717) is 23.4 Å². The Balaban J connectivity index is 2.15. The monoisotopic (exact) mass is 248 g/mol. The SMILES string of the molecule is CCc1noc(C)c1C(=O)NC(C)c1cn[nH]c1. The maximum Gasteiger partial charge on any atom is 0.257 e. The van der Waals surface area contributed by atoms with Crippen LogP contribution in [-0.4, -0.2) is 21.3 Å². The topological polar surface area (TPSA) is 83.8 Å². The summed E-state index contributed by atoms with van der Waals surface area (Å²) in [7, 11) is 0. The highest BCUT2D eigenvalue weighted by Crippen LogP contribution is 2.16. The third-order valence-corrected chi connectivity index (χ3v) is 2.86. The minimum absolute atomic E-state index is 0.116. The molecule has 0 aliphatic heterocycles. The predicted molar refractivity (Wildman–Crippen MR) is 65.1 cm³/mol. The van der Waals surface area contributed by atoms with Crippen molar-refractivity contribution in [3.05, 3.63) is 35.0 Å². The maximum absolute atomic E-state index is 12.2. The molecule has 0 saturated carbocycles. The van der Waals surface area contributed by atoms with Gasteiger partial charge in [-0.3, -0.25) is 9.89 Å². The van der Waals surface area contributed by atoms with Crippen molar-refractivity contribution >= 4 is 5.91 Å². The van der Waals surface area contributed by atoms with Crippen molar-refractivity contribution in [2.45, 2.75) is 33.2 Å². The lowest BCUT2D eigenvalue weighted by Crippen LogP contribution is -2.27. The lowest BCUT2D eigenvalue weighted by atomic mass is 10.1. The molecule has 18 heavy (non-hydrogen) atoms. The van der Waals surface area contributed by atoms with E-state index in [2.05, 4.69) is 20.7 Å². The van der Waals surface area contributed by atoms with Crippen LogP contribution in [-0.2, 0) is 6.42 Å². The number of hydrogen-bond acceptors (Lipinski definition) is 4. The fourth-order valence-corrected chi connectivity index (χ4v) is 1.80. The Hall–Kier alpha value is -2.11. The normalized spacial score (nSPS) is 12.4. The number of aromatic nitrogens is 3. The smallest absolute Gasteiger partial charge is 0.257 e. The van der Waals surface area contributed by atoms with Gasteiger partial charge in [-0.2, -0.15) is 5.10 Å². The highest BCUT2D eigenvalue weighted by Gasteiger charge is 2.21. The molecule has 2 N–H and O–H groups in total. The van der Waals surface area contributed by atoms with Gasteiger partial charge in [-0.15, -0.1) is 0 Å². The van der Waals surface area contributed by atoms with E-state index in [-0.39, 0.29) is 11.9 Å². The van der Waals surface area contributed by atoms with Crippen LogP contribution in [0.4, 0.5) is 0 Å². The van der Waals surface area contributed by atoms with Gasteiger partial charge in [0.2, 0.25) is 0 Å². The van der Waals surface area contributed by atoms with Crippen LogP contribution in [0.5, 0.6) is 0 Å². The summed E-state index contributed by atoms with van der Waals surface area (Å²) in [5.74, 6) is 0.378. The van der Waals surface area contributed by atoms with Crippen LogP contribution < -0.4 is 5.32 Å². The highest BCUT2D eigenvalue weighted by atomic mass is 16.5. The summed E-state index contributed by atoms with van der Waals surface area (Å²) in [4.78, 5) is 12.2. The van der Waals surface area contributed by atoms with Gasteiger partial charge in [0.15, 0.2) is 0 Å². The second-order valence-corrected chi connectivity index (χ2v) is 4.14. The molecule has 2 aromatic heterocycles. The number of aromatic amines is 1. The second kappa shape index (κ2) is 5.03. The van der Waals surface area contributed by atoms with E-state index >= 15 is 0 Å². The number of H-pyrrole nitrogens is 1. The van der Waals surface area contributed by atoms with Crippen molar-refractivity contribution in [1.82, 2.24) is 20.7 Å². The van der Waals surface area contributed by atoms with Crippen molar-refractivity contribution in [2.24, 2.45) is 0 Å². The second-order valence-electron chi connectivity index (χ2n) is 4.14. The Bertz CT molecular complexity index is 530. The Morgan fingerprint density at radius 1 is 1.61 bits per heavy atom. The fraction of sp³-hybridized carbons (Fsp3) is 0.417. The number of carbonyl (C=O) groups excluding carboxylic acids is 1. The van der Waals surface area contributed by atoms with E-state index in [4.69, 9.17) is 4.52 Å². The largest absolute Gasteiger partial charge is 0.361 e. The number of amides is 1. The van der Waals surface area contributed by atoms with E-state index in [1.54, 1.807) is 19.3 Å². The first-order chi connectivity index (χ1) is 8.63. The molecule has 1 amide bonds. The molecule has 0 saturated heterocycles. The van der Waals surface area contributed by atoms with E-state index in [9.17, 15) is 4.79 Å². The molecule has 2 heterocycles. The lowest BCUT2D eigenvalue weighted by Gasteiger charge is -2.11. The molecule has 2 aromatic rings. The number of hydrogen-bond donors (Lipinski definition) is 2. The first-order valence-electron chi connectivity index (χ1n) is 5.88. The van der Waals surface area contributed by atoms with E-state index in [0.717, 1.165) is 5.56 Å². The van der Waals surface area contributed by atoms with Gasteiger partial charge in [-0.25, -0.2) is 0 Å². The third-order valence-electron chi connectivity index (χ3n) is 2.86. The fourth-order valence-electron chi connectivity index (χ4n) is 1.80. The molecule has 0 aliphatic carbocycles. The summed E-state index contributed by atoms with van der Waals surface area (Å²) < 4.78 is 5.05. The van der Waals surface area contributed by atoms with Crippen LogP contribution in [0.1, 0.15) is 47.3 Å². The molecular weight excluding hydrogens is 232 g/mol. The van der Waals surface area contributed by atoms with E-state index < -0.39 is 0 Å². The maximum atomic E-state index is 12.2. The summed E-state index contributed by atoms with van der Waals surface area (Å²) in [5, 5.41) is 13.4. The van der Waals surface area contributed by atoms with Gasteiger partial charge in [0, 0.05) is 11.8 Å². The van der Waals surface area contributed by atoms with Crippen molar-refractivity contribution < 1.29 is 9.32 Å². The van der Waals surface area contributed by atoms with Crippen LogP contribution in [0.3, 0.4) is 0 Å². The minimum Gasteiger partial charge on any atom is -0.361 e. The first-order valence-corrected chi connectivity index (χ1v) is 5.88. The molecule has 0 spiro atoms. The zero-order valence-electron chi connectivity index (χ0n) is 10.7. The Morgan fingerprint density at radius 2 is 2.39 bits per heavy atom. The van der Waals surface area contributed by atoms with Crippen LogP contribution >= 0.6 is 0 Å². The molecule has 6 nitrogen and oxygen atoms in total. The number of carbonyl (C=O) groups is 1. The molecule has 0 aliphatic rings. The number of nitrogens with zero attached hydrogens (tertiary/aromatic N) is 2. The summed E-state index contributed by atoms with van der Waals surface area (Å²) in [6.07, 6.45) is 4.11. The third kappa shape index (κ3) is 2.27. The lowest BCUT2D eigenvalue weighted by molar-refractivity contribution is 0.0937. The molecule has 1 atom stereocenters. The summed E-state index contributed by atoms with van der Waals surface area (Å²) in [6, 6.07) is -0.116. The molecule has 0 bridgehead atoms. The van der Waals surface area contributed by atoms with Crippen LogP contribution in [0, 0.1) is 6.92 Å². The summed E-state index contributed by atoms with van der Waals surface area (Å²) in [6.45, 7) is 5.58. The van der Waals surface area contributed by atoms with Crippen molar-refractivity contribution in [3.8, 4) is 0 Å². The van der Waals surface area contributed by atoms with Crippen LogP contribution in [0.25, 0.3) is 0 Å². The number of rotatable bonds is 4. The molecule has 0 radical (unpaired) electrons. The standard InChI is InChI=1S/C12H16N4O2/c1-4-10-11(8(3)18-16-10)12(17)15-7(2)9-5-13-14-6-9/h5-7H,4H2,1-3H3,(H,13,14)(H,15,17). The first kappa shape index (κ1) is 12.3. The highest BCUT2D eigenvalue weighted by molar-refractivity contribution is 5.96. The van der Waals surface area contributed by atoms with Gasteiger partial charge >= 0.3 is 0 Å². The number of nitrogens with one attached hydrogen (secondary N) is 2. The van der Waals surface area contributed by atoms with Gasteiger partial charge in [0.25, 0.3) is 5.91 Å². The van der Waals surface area contributed by atoms with Gasteiger partial charge in [-0.05, 0) is 20.3 Å². The molecular formula is C12H16N4O2. The molecule has 96 valence electrons. The van der Waals surface area contributed by atoms with E-state index in [1.165, 1.54) is 0 Å². The summed E-state index contributed by atoms with van der Waals surface area (Å²) >= 11 is 0. The quantitative estimate of drug-likeness (QED) is 0.863. The van der Waals surface area contributed by atoms with Crippen molar-refractivity contribution in [1.29, 1.82) is 0 Å². The zero-order chi connectivity index (χ0) is 13.1. The van der Waals surface area contributed by atoms with Crippen molar-refractivity contribution in [2.75, 3.05) is 0 Å². The number of aryl methyl sites for hydroxylation is 2. The van der Waals surface area contributed by atoms with Gasteiger partial charge in [0.1, 0.15) is 11.3 Å². The van der Waals surface area contributed by atoms with Gasteiger partial charge in [-0.1, -0.05) is 12.1 Å². The van der Waals surface area contributed by atoms with Crippen LogP contribution in [0.2, 0.25) is 0 Å². The van der Waals surface area contributed by atoms with E-state index in [1.807, 2.05) is 13.8 Å². The molecule has 1 unspecified atom stereocenters. The average Bonchev–Trinajstić information content (AvgIpc) is 2.97. The predicted octanol–water partition coefficient (Wildman–Crippen LogP) is 1.76. The Kier molecular flexibility index (Phi) is 3.45. The average molecular weight is 248 g/mol. The van der Waals surface area contributed by atoms with Gasteiger partial charge < -0.3 is 9.84 Å². The molecule has 2 rings (SSSR count). The van der Waals surface area contributed by atoms with Crippen molar-refractivity contribution in [3.63, 3.8) is 0 Å². The zero-order valence-corrected chi connectivity index (χ0v) is 10.7. The molecule has 6 heteroatoms. The summed E-state index contributed by atoms with van der Waals surface area (Å²) in [5.41, 5.74) is 2.15.